The van der Waals surface area contributed by atoms with Crippen LogP contribution in [0.15, 0.2) is 47.6 Å². The van der Waals surface area contributed by atoms with Crippen LogP contribution in [0.25, 0.3) is 11.0 Å². The third-order valence-corrected chi connectivity index (χ3v) is 7.69. The minimum Gasteiger partial charge on any atom is -0.391 e. The van der Waals surface area contributed by atoms with Crippen molar-refractivity contribution in [2.24, 2.45) is 5.92 Å². The summed E-state index contributed by atoms with van der Waals surface area (Å²) < 4.78 is 29.6. The fraction of sp³-hybridized carbons (Fsp3) is 0.417. The van der Waals surface area contributed by atoms with Crippen molar-refractivity contribution < 1.29 is 13.5 Å². The van der Waals surface area contributed by atoms with Gasteiger partial charge in [0.1, 0.15) is 5.82 Å². The number of aromatic nitrogens is 6. The molecule has 13 heteroatoms. The molecule has 0 aliphatic heterocycles. The molecule has 1 aromatic carbocycles. The summed E-state index contributed by atoms with van der Waals surface area (Å²) in [5.74, 6) is 1.68. The Kier molecular flexibility index (Phi) is 8.50. The van der Waals surface area contributed by atoms with Crippen LogP contribution in [0.2, 0.25) is 0 Å². The van der Waals surface area contributed by atoms with Crippen LogP contribution in [-0.2, 0) is 16.6 Å². The van der Waals surface area contributed by atoms with E-state index >= 15 is 0 Å². The van der Waals surface area contributed by atoms with Gasteiger partial charge in [0.25, 0.3) is 10.0 Å². The van der Waals surface area contributed by atoms with Gasteiger partial charge in [-0.15, -0.1) is 5.10 Å². The molecule has 1 fully saturated rings. The normalized spacial score (nSPS) is 14.9. The highest BCUT2D eigenvalue weighted by Crippen LogP contribution is 2.35. The van der Waals surface area contributed by atoms with Gasteiger partial charge >= 0.3 is 0 Å². The number of benzene rings is 1. The smallest absolute Gasteiger partial charge is 0.269 e. The van der Waals surface area contributed by atoms with E-state index in [1.807, 2.05) is 6.92 Å². The third-order valence-electron chi connectivity index (χ3n) is 6.01. The number of aryl methyl sites for hydroxylation is 1. The van der Waals surface area contributed by atoms with Gasteiger partial charge in [0, 0.05) is 12.2 Å². The molecular weight excluding hydrogens is 512 g/mol. The minimum absolute atomic E-state index is 0. The molecule has 2 atom stereocenters. The number of hydrogen-bond acceptors (Lipinski definition) is 9. The predicted molar refractivity (Wildman–Crippen MR) is 149 cm³/mol. The van der Waals surface area contributed by atoms with Gasteiger partial charge in [-0.05, 0) is 57.7 Å². The van der Waals surface area contributed by atoms with Crippen molar-refractivity contribution in [1.29, 1.82) is 0 Å². The van der Waals surface area contributed by atoms with E-state index in [1.165, 1.54) is 14.9 Å². The van der Waals surface area contributed by atoms with Gasteiger partial charge in [0.05, 0.1) is 29.1 Å². The van der Waals surface area contributed by atoms with Crippen LogP contribution >= 0.6 is 13.5 Å². The van der Waals surface area contributed by atoms with Crippen molar-refractivity contribution in [2.75, 3.05) is 10.6 Å². The summed E-state index contributed by atoms with van der Waals surface area (Å²) in [6.07, 6.45) is 4.87. The lowest BCUT2D eigenvalue weighted by atomic mass is 10.2. The first-order chi connectivity index (χ1) is 16.7. The Balaban J connectivity index is 0.00000190. The summed E-state index contributed by atoms with van der Waals surface area (Å²) in [6, 6.07) is 8.61. The summed E-state index contributed by atoms with van der Waals surface area (Å²) >= 11 is 0. The van der Waals surface area contributed by atoms with Gasteiger partial charge in [-0.3, -0.25) is 0 Å². The largest absolute Gasteiger partial charge is 0.391 e. The van der Waals surface area contributed by atoms with Crippen LogP contribution in [0.3, 0.4) is 0 Å². The molecule has 3 N–H and O–H groups in total. The molecule has 0 saturated heterocycles. The van der Waals surface area contributed by atoms with Crippen molar-refractivity contribution in [3.8, 4) is 0 Å². The molecule has 0 radical (unpaired) electrons. The lowest BCUT2D eigenvalue weighted by Gasteiger charge is -2.15. The fourth-order valence-corrected chi connectivity index (χ4v) is 5.23. The van der Waals surface area contributed by atoms with Gasteiger partial charge in [0.2, 0.25) is 5.95 Å². The van der Waals surface area contributed by atoms with Crippen molar-refractivity contribution in [3.63, 3.8) is 0 Å². The Morgan fingerprint density at radius 2 is 1.84 bits per heavy atom. The molecule has 0 spiro atoms. The van der Waals surface area contributed by atoms with Gasteiger partial charge < -0.3 is 15.7 Å². The first-order valence-corrected chi connectivity index (χ1v) is 13.0. The van der Waals surface area contributed by atoms with E-state index in [2.05, 4.69) is 37.8 Å². The summed E-state index contributed by atoms with van der Waals surface area (Å²) in [7, 11) is -3.88. The highest BCUT2D eigenvalue weighted by molar-refractivity contribution is 7.90. The van der Waals surface area contributed by atoms with Crippen LogP contribution in [0.1, 0.15) is 39.7 Å². The lowest BCUT2D eigenvalue weighted by molar-refractivity contribution is 0.167. The SMILES string of the molecule is C.Cc1ccc(S(=O)(=O)n2ccc3c(N[C@@H](C)C4CC4)nc(Nc4cn(CC(C)O)nn4)nc32)cc1.S. The second-order valence-electron chi connectivity index (χ2n) is 9.13. The number of aliphatic hydroxyl groups excluding tert-OH is 1. The van der Waals surface area contributed by atoms with E-state index in [4.69, 9.17) is 0 Å². The molecule has 3 aromatic heterocycles. The third kappa shape index (κ3) is 6.05. The number of nitrogens with zero attached hydrogens (tertiary/aromatic N) is 6. The van der Waals surface area contributed by atoms with E-state index in [1.54, 1.807) is 43.5 Å². The number of rotatable bonds is 9. The Labute approximate surface area is 223 Å². The summed E-state index contributed by atoms with van der Waals surface area (Å²) in [5.41, 5.74) is 1.23. The minimum atomic E-state index is -3.88. The average Bonchev–Trinajstić information content (AvgIpc) is 3.42. The quantitative estimate of drug-likeness (QED) is 0.287. The summed E-state index contributed by atoms with van der Waals surface area (Å²) in [4.78, 5) is 9.34. The van der Waals surface area contributed by atoms with Crippen LogP contribution in [-0.4, -0.2) is 54.6 Å². The molecule has 4 aromatic rings. The summed E-state index contributed by atoms with van der Waals surface area (Å²) in [6.45, 7) is 5.95. The molecule has 1 aliphatic carbocycles. The monoisotopic (exact) mass is 546 g/mol. The maximum absolute atomic E-state index is 13.5. The van der Waals surface area contributed by atoms with Crippen LogP contribution in [0.4, 0.5) is 17.6 Å². The van der Waals surface area contributed by atoms with Crippen molar-refractivity contribution in [1.82, 2.24) is 28.9 Å². The lowest BCUT2D eigenvalue weighted by Crippen LogP contribution is -2.19. The molecule has 37 heavy (non-hydrogen) atoms. The van der Waals surface area contributed by atoms with Gasteiger partial charge in [-0.1, -0.05) is 30.3 Å². The number of hydrogen-bond donors (Lipinski definition) is 3. The second kappa shape index (κ2) is 11.1. The van der Waals surface area contributed by atoms with E-state index in [0.29, 0.717) is 22.9 Å². The molecule has 1 aliphatic rings. The van der Waals surface area contributed by atoms with E-state index in [0.717, 1.165) is 18.4 Å². The maximum Gasteiger partial charge on any atom is 0.269 e. The number of aliphatic hydroxyl groups is 1. The van der Waals surface area contributed by atoms with E-state index in [9.17, 15) is 13.5 Å². The topological polar surface area (TPSA) is 140 Å². The zero-order chi connectivity index (χ0) is 24.7. The van der Waals surface area contributed by atoms with E-state index < -0.39 is 16.1 Å². The molecule has 0 amide bonds. The highest BCUT2D eigenvalue weighted by atomic mass is 32.2. The highest BCUT2D eigenvalue weighted by Gasteiger charge is 2.29. The predicted octanol–water partition coefficient (Wildman–Crippen LogP) is 3.65. The van der Waals surface area contributed by atoms with Gasteiger partial charge in [-0.2, -0.15) is 23.5 Å². The van der Waals surface area contributed by atoms with Crippen molar-refractivity contribution in [2.45, 2.75) is 64.6 Å². The molecule has 11 nitrogen and oxygen atoms in total. The molecule has 1 unspecified atom stereocenters. The Morgan fingerprint density at radius 3 is 2.49 bits per heavy atom. The average molecular weight is 547 g/mol. The Morgan fingerprint density at radius 1 is 1.14 bits per heavy atom. The number of fused-ring (bicyclic) bond motifs is 1. The van der Waals surface area contributed by atoms with Crippen LogP contribution < -0.4 is 10.6 Å². The maximum atomic E-state index is 13.5. The van der Waals surface area contributed by atoms with Crippen LogP contribution in [0.5, 0.6) is 0 Å². The fourth-order valence-electron chi connectivity index (χ4n) is 3.94. The molecule has 0 bridgehead atoms. The molecule has 200 valence electrons. The zero-order valence-corrected chi connectivity index (χ0v) is 22.1. The Hall–Kier alpha value is -3.16. The van der Waals surface area contributed by atoms with Crippen molar-refractivity contribution >= 4 is 52.1 Å². The number of anilines is 3. The molecule has 1 saturated carbocycles. The standard InChI is InChI=1S/C23H28N8O3S.CH4.H2S/c1-14-4-8-18(9-5-14)35(33,34)31-11-10-19-21(24-16(3)17-6-7-17)26-23(27-22(19)31)25-20-13-30(29-28-20)12-15(2)32;;/h4-5,8-11,13,15-17,32H,6-7,12H2,1-3H3,(H2,24,25,26,27);1H4;1H2/t15?,16-;;/m0../s1. The Bertz CT molecular complexity index is 1460. The summed E-state index contributed by atoms with van der Waals surface area (Å²) in [5, 5.41) is 24.7. The first-order valence-electron chi connectivity index (χ1n) is 11.5. The zero-order valence-electron chi connectivity index (χ0n) is 20.3. The van der Waals surface area contributed by atoms with Crippen molar-refractivity contribution in [3.05, 3.63) is 48.3 Å². The molecule has 3 heterocycles. The van der Waals surface area contributed by atoms with Gasteiger partial charge in [-0.25, -0.2) is 17.1 Å². The van der Waals surface area contributed by atoms with E-state index in [-0.39, 0.29) is 50.0 Å². The van der Waals surface area contributed by atoms with Gasteiger partial charge in [0.15, 0.2) is 11.5 Å². The molecular formula is C24H34N8O3S2. The molecule has 5 rings (SSSR count). The number of nitrogens with one attached hydrogen (secondary N) is 2. The first kappa shape index (κ1) is 28.4. The second-order valence-corrected chi connectivity index (χ2v) is 10.9. The van der Waals surface area contributed by atoms with Crippen LogP contribution in [0, 0.1) is 12.8 Å².